The smallest absolute Gasteiger partial charge is 0.317 e. The number of rotatable bonds is 6. The van der Waals surface area contributed by atoms with Crippen molar-refractivity contribution in [2.75, 3.05) is 20.1 Å². The van der Waals surface area contributed by atoms with Crippen LogP contribution in [0.1, 0.15) is 51.4 Å². The Morgan fingerprint density at radius 1 is 1.24 bits per heavy atom. The Labute approximate surface area is 105 Å². The van der Waals surface area contributed by atoms with Crippen molar-refractivity contribution in [2.24, 2.45) is 5.73 Å². The predicted octanol–water partition coefficient (Wildman–Crippen LogP) is 2.09. The summed E-state index contributed by atoms with van der Waals surface area (Å²) in [6.07, 6.45) is 9.33. The number of unbranched alkanes of at least 4 members (excludes halogenated alkanes) is 2. The molecule has 1 saturated carbocycles. The summed E-state index contributed by atoms with van der Waals surface area (Å²) >= 11 is 0. The minimum absolute atomic E-state index is 0.0876. The van der Waals surface area contributed by atoms with Crippen molar-refractivity contribution in [1.29, 1.82) is 0 Å². The van der Waals surface area contributed by atoms with Crippen molar-refractivity contribution in [3.8, 4) is 0 Å². The third kappa shape index (κ3) is 5.91. The summed E-state index contributed by atoms with van der Waals surface area (Å²) in [4.78, 5) is 13.7. The van der Waals surface area contributed by atoms with Gasteiger partial charge in [0.25, 0.3) is 0 Å². The molecule has 0 aliphatic heterocycles. The van der Waals surface area contributed by atoms with E-state index in [0.29, 0.717) is 6.04 Å². The van der Waals surface area contributed by atoms with Gasteiger partial charge in [0.05, 0.1) is 0 Å². The van der Waals surface area contributed by atoms with E-state index in [1.165, 1.54) is 19.3 Å². The summed E-state index contributed by atoms with van der Waals surface area (Å²) in [6, 6.07) is 0.493. The van der Waals surface area contributed by atoms with Gasteiger partial charge in [0.2, 0.25) is 0 Å². The molecule has 0 aromatic rings. The second-order valence-electron chi connectivity index (χ2n) is 5.06. The van der Waals surface area contributed by atoms with Crippen LogP contribution < -0.4 is 11.1 Å². The lowest BCUT2D eigenvalue weighted by molar-refractivity contribution is 0.199. The highest BCUT2D eigenvalue weighted by Crippen LogP contribution is 2.17. The topological polar surface area (TPSA) is 58.4 Å². The van der Waals surface area contributed by atoms with Crippen LogP contribution in [0.5, 0.6) is 0 Å². The molecule has 1 aliphatic rings. The highest BCUT2D eigenvalue weighted by Gasteiger charge is 2.17. The number of nitrogens with two attached hydrogens (primary N) is 1. The maximum atomic E-state index is 11.9. The Morgan fingerprint density at radius 2 is 1.94 bits per heavy atom. The molecule has 0 radical (unpaired) electrons. The predicted molar refractivity (Wildman–Crippen MR) is 70.9 cm³/mol. The summed E-state index contributed by atoms with van der Waals surface area (Å²) in [5, 5.41) is 3.12. The van der Waals surface area contributed by atoms with Crippen LogP contribution in [0.4, 0.5) is 4.79 Å². The highest BCUT2D eigenvalue weighted by atomic mass is 16.2. The average molecular weight is 241 g/mol. The lowest BCUT2D eigenvalue weighted by atomic mass is 9.96. The zero-order valence-electron chi connectivity index (χ0n) is 11.1. The van der Waals surface area contributed by atoms with Crippen LogP contribution in [-0.2, 0) is 0 Å². The molecule has 0 atom stereocenters. The van der Waals surface area contributed by atoms with E-state index in [9.17, 15) is 4.79 Å². The Hall–Kier alpha value is -0.770. The molecular formula is C13H27N3O. The number of carbonyl (C=O) groups excluding carboxylic acids is 1. The maximum Gasteiger partial charge on any atom is 0.317 e. The van der Waals surface area contributed by atoms with E-state index in [2.05, 4.69) is 5.32 Å². The fourth-order valence-electron chi connectivity index (χ4n) is 2.30. The summed E-state index contributed by atoms with van der Waals surface area (Å²) in [7, 11) is 1.88. The van der Waals surface area contributed by atoms with Crippen LogP contribution in [0.15, 0.2) is 0 Å². The van der Waals surface area contributed by atoms with Gasteiger partial charge in [-0.25, -0.2) is 4.79 Å². The summed E-state index contributed by atoms with van der Waals surface area (Å²) in [6.45, 7) is 1.58. The number of nitrogens with one attached hydrogen (secondary N) is 1. The lowest BCUT2D eigenvalue weighted by Crippen LogP contribution is -2.44. The van der Waals surface area contributed by atoms with Crippen LogP contribution in [0.3, 0.4) is 0 Å². The molecule has 4 nitrogen and oxygen atoms in total. The second-order valence-corrected chi connectivity index (χ2v) is 5.06. The number of hydrogen-bond acceptors (Lipinski definition) is 2. The molecule has 17 heavy (non-hydrogen) atoms. The van der Waals surface area contributed by atoms with E-state index in [-0.39, 0.29) is 6.03 Å². The van der Waals surface area contributed by atoms with Gasteiger partial charge >= 0.3 is 6.03 Å². The van der Waals surface area contributed by atoms with Gasteiger partial charge in [-0.2, -0.15) is 0 Å². The fraction of sp³-hybridized carbons (Fsp3) is 0.923. The largest absolute Gasteiger partial charge is 0.335 e. The Balaban J connectivity index is 2.12. The molecule has 1 aliphatic carbocycles. The molecule has 0 unspecified atom stereocenters. The molecule has 0 aromatic carbocycles. The summed E-state index contributed by atoms with van der Waals surface area (Å²) in [5.41, 5.74) is 5.44. The minimum atomic E-state index is 0.0876. The molecule has 4 heteroatoms. The van der Waals surface area contributed by atoms with Gasteiger partial charge < -0.3 is 16.0 Å². The second kappa shape index (κ2) is 8.34. The number of amides is 2. The van der Waals surface area contributed by atoms with E-state index in [0.717, 1.165) is 45.2 Å². The van der Waals surface area contributed by atoms with Crippen LogP contribution >= 0.6 is 0 Å². The summed E-state index contributed by atoms with van der Waals surface area (Å²) < 4.78 is 0. The van der Waals surface area contributed by atoms with E-state index in [1.54, 1.807) is 4.90 Å². The fourth-order valence-corrected chi connectivity index (χ4v) is 2.30. The minimum Gasteiger partial charge on any atom is -0.335 e. The van der Waals surface area contributed by atoms with Gasteiger partial charge in [-0.1, -0.05) is 25.7 Å². The van der Waals surface area contributed by atoms with Crippen LogP contribution in [0, 0.1) is 0 Å². The quantitative estimate of drug-likeness (QED) is 0.700. The zero-order chi connectivity index (χ0) is 12.5. The first kappa shape index (κ1) is 14.3. The number of hydrogen-bond donors (Lipinski definition) is 2. The summed E-state index contributed by atoms with van der Waals surface area (Å²) in [5.74, 6) is 0. The van der Waals surface area contributed by atoms with Gasteiger partial charge in [-0.05, 0) is 32.2 Å². The average Bonchev–Trinajstić information content (AvgIpc) is 2.35. The molecule has 100 valence electrons. The monoisotopic (exact) mass is 241 g/mol. The molecule has 3 N–H and O–H groups in total. The van der Waals surface area contributed by atoms with Crippen LogP contribution in [0.2, 0.25) is 0 Å². The van der Waals surface area contributed by atoms with Gasteiger partial charge in [0.1, 0.15) is 0 Å². The zero-order valence-corrected chi connectivity index (χ0v) is 11.1. The van der Waals surface area contributed by atoms with Gasteiger partial charge in [-0.15, -0.1) is 0 Å². The van der Waals surface area contributed by atoms with E-state index >= 15 is 0 Å². The first-order valence-electron chi connectivity index (χ1n) is 6.95. The van der Waals surface area contributed by atoms with Gasteiger partial charge in [0, 0.05) is 19.6 Å². The van der Waals surface area contributed by atoms with Crippen molar-refractivity contribution in [3.05, 3.63) is 0 Å². The van der Waals surface area contributed by atoms with Crippen LogP contribution in [-0.4, -0.2) is 37.1 Å². The first-order chi connectivity index (χ1) is 8.24. The first-order valence-corrected chi connectivity index (χ1v) is 6.95. The third-order valence-corrected chi connectivity index (χ3v) is 3.48. The van der Waals surface area contributed by atoms with E-state index < -0.39 is 0 Å². The maximum absolute atomic E-state index is 11.9. The molecule has 0 saturated heterocycles. The van der Waals surface area contributed by atoms with Crippen molar-refractivity contribution in [1.82, 2.24) is 10.2 Å². The van der Waals surface area contributed by atoms with Crippen molar-refractivity contribution in [2.45, 2.75) is 57.4 Å². The number of urea groups is 1. The van der Waals surface area contributed by atoms with Crippen molar-refractivity contribution in [3.63, 3.8) is 0 Å². The lowest BCUT2D eigenvalue weighted by Gasteiger charge is -2.26. The van der Waals surface area contributed by atoms with Crippen molar-refractivity contribution >= 4 is 6.03 Å². The molecule has 0 heterocycles. The normalized spacial score (nSPS) is 16.8. The SMILES string of the molecule is CN(CCCCCN)C(=O)NC1CCCCC1. The molecule has 1 rings (SSSR count). The van der Waals surface area contributed by atoms with Crippen LogP contribution in [0.25, 0.3) is 0 Å². The number of carbonyl (C=O) groups is 1. The molecule has 0 aromatic heterocycles. The highest BCUT2D eigenvalue weighted by molar-refractivity contribution is 5.74. The Morgan fingerprint density at radius 3 is 2.59 bits per heavy atom. The van der Waals surface area contributed by atoms with E-state index in [1.807, 2.05) is 7.05 Å². The van der Waals surface area contributed by atoms with Gasteiger partial charge in [-0.3, -0.25) is 0 Å². The van der Waals surface area contributed by atoms with Gasteiger partial charge in [0.15, 0.2) is 0 Å². The van der Waals surface area contributed by atoms with E-state index in [4.69, 9.17) is 5.73 Å². The molecule has 2 amide bonds. The van der Waals surface area contributed by atoms with Crippen molar-refractivity contribution < 1.29 is 4.79 Å². The molecular weight excluding hydrogens is 214 g/mol. The number of nitrogens with zero attached hydrogens (tertiary/aromatic N) is 1. The third-order valence-electron chi connectivity index (χ3n) is 3.48. The standard InChI is InChI=1S/C13H27N3O/c1-16(11-7-3-6-10-14)13(17)15-12-8-4-2-5-9-12/h12H,2-11,14H2,1H3,(H,15,17). The Kier molecular flexibility index (Phi) is 7.01. The Bertz CT molecular complexity index is 215. The molecule has 0 spiro atoms. The molecule has 0 bridgehead atoms. The molecule has 1 fully saturated rings.